The number of amides is 1. The molecule has 1 unspecified atom stereocenters. The number of phosphoric ester groups is 1. The molecule has 16 heteroatoms. The first-order chi connectivity index (χ1) is 29.8. The lowest BCUT2D eigenvalue weighted by atomic mass is 9.80. The van der Waals surface area contributed by atoms with Crippen molar-refractivity contribution in [3.63, 3.8) is 0 Å². The van der Waals surface area contributed by atoms with Gasteiger partial charge in [-0.05, 0) is 92.9 Å². The van der Waals surface area contributed by atoms with Gasteiger partial charge in [0, 0.05) is 36.3 Å². The van der Waals surface area contributed by atoms with Gasteiger partial charge in [0.2, 0.25) is 0 Å². The van der Waals surface area contributed by atoms with E-state index in [-0.39, 0.29) is 50.3 Å². The van der Waals surface area contributed by atoms with Gasteiger partial charge in [0.15, 0.2) is 0 Å². The Labute approximate surface area is 361 Å². The van der Waals surface area contributed by atoms with Crippen LogP contribution >= 0.6 is 7.82 Å². The lowest BCUT2D eigenvalue weighted by Crippen LogP contribution is -2.39. The molecule has 1 N–H and O–H groups in total. The Morgan fingerprint density at radius 1 is 0.839 bits per heavy atom. The van der Waals surface area contributed by atoms with Crippen molar-refractivity contribution in [3.8, 4) is 17.2 Å². The minimum atomic E-state index is -4.37. The van der Waals surface area contributed by atoms with Crippen molar-refractivity contribution in [1.82, 2.24) is 14.5 Å². The van der Waals surface area contributed by atoms with Gasteiger partial charge in [0.05, 0.1) is 41.2 Å². The van der Waals surface area contributed by atoms with E-state index in [9.17, 15) is 18.9 Å². The molecule has 5 aromatic rings. The van der Waals surface area contributed by atoms with Gasteiger partial charge in [-0.15, -0.1) is 0 Å². The van der Waals surface area contributed by atoms with Gasteiger partial charge in [-0.2, -0.15) is 0 Å². The molecule has 0 aliphatic carbocycles. The number of carbonyl (C=O) groups is 1. The maximum absolute atomic E-state index is 14.6. The van der Waals surface area contributed by atoms with Gasteiger partial charge < -0.3 is 28.6 Å². The van der Waals surface area contributed by atoms with Gasteiger partial charge in [0.1, 0.15) is 41.3 Å². The maximum Gasteiger partial charge on any atom is 0.475 e. The van der Waals surface area contributed by atoms with Crippen molar-refractivity contribution in [2.24, 2.45) is 0 Å². The highest BCUT2D eigenvalue weighted by atomic mass is 31.2. The van der Waals surface area contributed by atoms with Gasteiger partial charge in [-0.25, -0.2) is 9.36 Å². The number of rotatable bonds is 20. The zero-order chi connectivity index (χ0) is 44.4. The topological polar surface area (TPSA) is 166 Å². The van der Waals surface area contributed by atoms with Crippen molar-refractivity contribution in [2.75, 3.05) is 47.7 Å². The number of H-pyrrole nitrogens is 1. The third kappa shape index (κ3) is 10.4. The second-order valence-corrected chi connectivity index (χ2v) is 16.4. The van der Waals surface area contributed by atoms with Crippen LogP contribution in [0.2, 0.25) is 0 Å². The SMILES string of the molecule is CCOP(=O)(OCCN(C(=O)c1ccc(OC)cc1)C(C)C)O[C@H]1C[C@H](n2cc(C)c(=O)[nH]c2=O)O[C@@H]1COC(c1ccccc1)(c1ccc(OC)cc1)c1ccc(OC)cc1. The van der Waals surface area contributed by atoms with E-state index < -0.39 is 43.1 Å². The first kappa shape index (κ1) is 46.0. The molecule has 6 rings (SSSR count). The van der Waals surface area contributed by atoms with Gasteiger partial charge in [-0.1, -0.05) is 54.6 Å². The quantitative estimate of drug-likeness (QED) is 0.0616. The Hall–Kier alpha value is -5.54. The molecule has 0 spiro atoms. The van der Waals surface area contributed by atoms with Crippen LogP contribution in [0.3, 0.4) is 0 Å². The molecule has 0 radical (unpaired) electrons. The molecule has 1 aliphatic rings. The van der Waals surface area contributed by atoms with E-state index in [4.69, 9.17) is 37.3 Å². The molecule has 1 amide bonds. The monoisotopic (exact) mass is 871 g/mol. The largest absolute Gasteiger partial charge is 0.497 e. The van der Waals surface area contributed by atoms with Crippen LogP contribution in [0, 0.1) is 6.92 Å². The number of hydrogen-bond acceptors (Lipinski definition) is 12. The fourth-order valence-corrected chi connectivity index (χ4v) is 8.75. The van der Waals surface area contributed by atoms with Gasteiger partial charge >= 0.3 is 13.5 Å². The third-order valence-electron chi connectivity index (χ3n) is 10.6. The second-order valence-electron chi connectivity index (χ2n) is 14.8. The normalized spacial score (nSPS) is 17.4. The lowest BCUT2D eigenvalue weighted by Gasteiger charge is -2.37. The number of carbonyl (C=O) groups excluding carboxylic acids is 1. The van der Waals surface area contributed by atoms with Crippen LogP contribution in [0.5, 0.6) is 17.2 Å². The van der Waals surface area contributed by atoms with Crippen molar-refractivity contribution in [2.45, 2.75) is 64.2 Å². The summed E-state index contributed by atoms with van der Waals surface area (Å²) in [5.74, 6) is 1.66. The zero-order valence-electron chi connectivity index (χ0n) is 36.0. The minimum Gasteiger partial charge on any atom is -0.497 e. The van der Waals surface area contributed by atoms with E-state index in [0.717, 1.165) is 16.7 Å². The highest BCUT2D eigenvalue weighted by molar-refractivity contribution is 7.48. The molecule has 330 valence electrons. The smallest absolute Gasteiger partial charge is 0.475 e. The summed E-state index contributed by atoms with van der Waals surface area (Å²) < 4.78 is 63.7. The van der Waals surface area contributed by atoms with Crippen LogP contribution < -0.4 is 25.5 Å². The van der Waals surface area contributed by atoms with Crippen molar-refractivity contribution in [3.05, 3.63) is 158 Å². The molecule has 0 saturated carbocycles. The van der Waals surface area contributed by atoms with Crippen LogP contribution in [0.1, 0.15) is 66.0 Å². The van der Waals surface area contributed by atoms with Crippen molar-refractivity contribution < 1.29 is 46.6 Å². The van der Waals surface area contributed by atoms with Crippen LogP contribution in [0.15, 0.2) is 119 Å². The Balaban J connectivity index is 1.34. The first-order valence-corrected chi connectivity index (χ1v) is 21.8. The van der Waals surface area contributed by atoms with E-state index in [2.05, 4.69) is 4.98 Å². The summed E-state index contributed by atoms with van der Waals surface area (Å²) in [6.07, 6.45) is -1.57. The number of methoxy groups -OCH3 is 3. The van der Waals surface area contributed by atoms with E-state index in [0.29, 0.717) is 22.8 Å². The number of aryl methyl sites for hydroxylation is 1. The molecule has 4 aromatic carbocycles. The van der Waals surface area contributed by atoms with E-state index in [1.54, 1.807) is 64.3 Å². The molecular formula is C46H54N3O12P. The Kier molecular flexibility index (Phi) is 15.2. The number of aromatic nitrogens is 2. The summed E-state index contributed by atoms with van der Waals surface area (Å²) in [5, 5.41) is 0. The number of phosphoric acid groups is 1. The number of nitrogens with one attached hydrogen (secondary N) is 1. The van der Waals surface area contributed by atoms with Crippen molar-refractivity contribution in [1.29, 1.82) is 0 Å². The van der Waals surface area contributed by atoms with Gasteiger partial charge in [0.25, 0.3) is 11.5 Å². The first-order valence-electron chi connectivity index (χ1n) is 20.3. The molecule has 0 bridgehead atoms. The number of nitrogens with zero attached hydrogens (tertiary/aromatic N) is 2. The summed E-state index contributed by atoms with van der Waals surface area (Å²) in [5.41, 5.74) is 0.566. The molecule has 62 heavy (non-hydrogen) atoms. The van der Waals surface area contributed by atoms with Crippen LogP contribution in [-0.2, 0) is 33.2 Å². The molecule has 1 aliphatic heterocycles. The molecular weight excluding hydrogens is 817 g/mol. The highest BCUT2D eigenvalue weighted by Gasteiger charge is 2.46. The Morgan fingerprint density at radius 3 is 1.92 bits per heavy atom. The summed E-state index contributed by atoms with van der Waals surface area (Å²) in [6.45, 7) is 6.65. The summed E-state index contributed by atoms with van der Waals surface area (Å²) in [4.78, 5) is 43.0. The van der Waals surface area contributed by atoms with Crippen LogP contribution in [0.25, 0.3) is 0 Å². The zero-order valence-corrected chi connectivity index (χ0v) is 36.9. The highest BCUT2D eigenvalue weighted by Crippen LogP contribution is 2.53. The predicted molar refractivity (Wildman–Crippen MR) is 232 cm³/mol. The minimum absolute atomic E-state index is 0.00265. The van der Waals surface area contributed by atoms with Crippen molar-refractivity contribution >= 4 is 13.7 Å². The Morgan fingerprint density at radius 2 is 1.39 bits per heavy atom. The molecule has 15 nitrogen and oxygen atoms in total. The second kappa shape index (κ2) is 20.6. The fourth-order valence-electron chi connectivity index (χ4n) is 7.38. The van der Waals surface area contributed by atoms with Gasteiger partial charge in [-0.3, -0.25) is 32.7 Å². The summed E-state index contributed by atoms with van der Waals surface area (Å²) >= 11 is 0. The predicted octanol–water partition coefficient (Wildman–Crippen LogP) is 7.26. The number of hydrogen-bond donors (Lipinski definition) is 1. The average Bonchev–Trinajstić information content (AvgIpc) is 3.68. The van der Waals surface area contributed by atoms with Crippen LogP contribution in [0.4, 0.5) is 0 Å². The average molecular weight is 872 g/mol. The summed E-state index contributed by atoms with van der Waals surface area (Å²) in [6, 6.07) is 31.3. The number of ether oxygens (including phenoxy) is 5. The molecule has 1 saturated heterocycles. The fraction of sp³-hybridized carbons (Fsp3) is 0.370. The van der Waals surface area contributed by atoms with E-state index in [1.165, 1.54) is 10.8 Å². The lowest BCUT2D eigenvalue weighted by molar-refractivity contribution is -0.0946. The molecule has 1 fully saturated rings. The van der Waals surface area contributed by atoms with Crippen LogP contribution in [-0.4, -0.2) is 86.3 Å². The molecule has 1 aromatic heterocycles. The number of aromatic amines is 1. The molecule has 2 heterocycles. The Bertz CT molecular complexity index is 2360. The maximum atomic E-state index is 14.6. The standard InChI is InChI=1S/C46H54N3O12P/c1-8-58-62(53,59-27-26-48(31(2)3)44(51)33-14-20-37(54-5)21-15-33)61-40-28-42(49-29-32(4)43(50)47-45(49)52)60-41(40)30-57-46(34-12-10-9-11-13-34,35-16-22-38(55-6)23-17-35)36-18-24-39(56-7)25-19-36/h9-25,29,31,40-42H,8,26-28,30H2,1-7H3,(H,47,50,52)/t40-,41+,42+,62?/m0/s1. The molecule has 4 atom stereocenters. The van der Waals surface area contributed by atoms with E-state index >= 15 is 0 Å². The third-order valence-corrected chi connectivity index (χ3v) is 12.2. The van der Waals surface area contributed by atoms with E-state index in [1.807, 2.05) is 92.7 Å². The number of benzene rings is 4. The summed E-state index contributed by atoms with van der Waals surface area (Å²) in [7, 11) is 0.363.